The van der Waals surface area contributed by atoms with Crippen LogP contribution < -0.4 is 8.92 Å². The van der Waals surface area contributed by atoms with Crippen LogP contribution >= 0.6 is 0 Å². The Hall–Kier alpha value is -3.39. The second kappa shape index (κ2) is 10.5. The number of benzene rings is 3. The third-order valence-electron chi connectivity index (χ3n) is 5.28. The maximum Gasteiger partial charge on any atom is 0.339 e. The van der Waals surface area contributed by atoms with Crippen molar-refractivity contribution in [2.24, 2.45) is 0 Å². The second-order valence-electron chi connectivity index (χ2n) is 7.56. The van der Waals surface area contributed by atoms with Gasteiger partial charge in [0.25, 0.3) is 5.91 Å². The number of nitrogens with zero attached hydrogens (tertiary/aromatic N) is 1. The number of hydrogen-bond acceptors (Lipinski definition) is 5. The van der Waals surface area contributed by atoms with E-state index in [2.05, 4.69) is 0 Å². The molecule has 3 rings (SSSR count). The van der Waals surface area contributed by atoms with E-state index < -0.39 is 15.9 Å². The summed E-state index contributed by atoms with van der Waals surface area (Å²) in [5.74, 6) is 0.0894. The minimum absolute atomic E-state index is 0.0490. The van der Waals surface area contributed by atoms with Crippen LogP contribution in [-0.2, 0) is 16.7 Å². The number of amides is 1. The van der Waals surface area contributed by atoms with Crippen molar-refractivity contribution >= 4 is 16.0 Å². The van der Waals surface area contributed by atoms with E-state index in [1.807, 2.05) is 13.8 Å². The largest absolute Gasteiger partial charge is 0.497 e. The molecule has 0 heterocycles. The monoisotopic (exact) mass is 471 g/mol. The van der Waals surface area contributed by atoms with Crippen molar-refractivity contribution in [3.05, 3.63) is 89.7 Å². The van der Waals surface area contributed by atoms with Gasteiger partial charge in [0.1, 0.15) is 22.2 Å². The van der Waals surface area contributed by atoms with Gasteiger partial charge in [0, 0.05) is 18.2 Å². The third-order valence-corrected chi connectivity index (χ3v) is 6.54. The van der Waals surface area contributed by atoms with Crippen LogP contribution in [0.15, 0.2) is 77.7 Å². The lowest BCUT2D eigenvalue weighted by molar-refractivity contribution is 0.0671. The molecule has 8 heteroatoms. The van der Waals surface area contributed by atoms with Crippen molar-refractivity contribution in [3.63, 3.8) is 0 Å². The topological polar surface area (TPSA) is 72.9 Å². The highest BCUT2D eigenvalue weighted by Crippen LogP contribution is 2.23. The molecular formula is C25H26FNO5S. The van der Waals surface area contributed by atoms with E-state index in [4.69, 9.17) is 8.92 Å². The number of hydrogen-bond donors (Lipinski definition) is 0. The van der Waals surface area contributed by atoms with Gasteiger partial charge in [-0.05, 0) is 79.6 Å². The number of methoxy groups -OCH3 is 1. The summed E-state index contributed by atoms with van der Waals surface area (Å²) in [6, 6.07) is 17.8. The molecule has 0 aliphatic heterocycles. The molecule has 0 spiro atoms. The Kier molecular flexibility index (Phi) is 7.71. The van der Waals surface area contributed by atoms with Gasteiger partial charge in [-0.3, -0.25) is 4.79 Å². The van der Waals surface area contributed by atoms with E-state index in [9.17, 15) is 17.6 Å². The first-order valence-corrected chi connectivity index (χ1v) is 11.9. The molecule has 6 nitrogen and oxygen atoms in total. The minimum Gasteiger partial charge on any atom is -0.497 e. The number of rotatable bonds is 9. The normalized spacial score (nSPS) is 12.1. The fourth-order valence-corrected chi connectivity index (χ4v) is 4.14. The molecule has 3 aromatic rings. The van der Waals surface area contributed by atoms with Crippen molar-refractivity contribution in [1.82, 2.24) is 4.90 Å². The number of carbonyl (C=O) groups is 1. The van der Waals surface area contributed by atoms with Crippen LogP contribution in [0.5, 0.6) is 11.5 Å². The van der Waals surface area contributed by atoms with Crippen molar-refractivity contribution in [3.8, 4) is 11.5 Å². The summed E-state index contributed by atoms with van der Waals surface area (Å²) < 4.78 is 48.6. The first kappa shape index (κ1) is 24.3. The van der Waals surface area contributed by atoms with Gasteiger partial charge in [0.05, 0.1) is 7.11 Å². The Morgan fingerprint density at radius 3 is 2.27 bits per heavy atom. The van der Waals surface area contributed by atoms with Crippen LogP contribution in [0.2, 0.25) is 0 Å². The molecule has 0 bridgehead atoms. The van der Waals surface area contributed by atoms with Crippen LogP contribution in [0.4, 0.5) is 4.39 Å². The zero-order chi connectivity index (χ0) is 24.0. The van der Waals surface area contributed by atoms with Crippen molar-refractivity contribution in [2.45, 2.75) is 37.8 Å². The van der Waals surface area contributed by atoms with Crippen LogP contribution in [0.1, 0.15) is 36.2 Å². The third kappa shape index (κ3) is 6.10. The lowest BCUT2D eigenvalue weighted by Crippen LogP contribution is -2.37. The van der Waals surface area contributed by atoms with Crippen LogP contribution in [0.3, 0.4) is 0 Å². The maximum atomic E-state index is 13.2. The quantitative estimate of drug-likeness (QED) is 0.409. The van der Waals surface area contributed by atoms with Crippen molar-refractivity contribution in [2.75, 3.05) is 7.11 Å². The predicted molar refractivity (Wildman–Crippen MR) is 123 cm³/mol. The van der Waals surface area contributed by atoms with Crippen molar-refractivity contribution in [1.29, 1.82) is 0 Å². The Balaban J connectivity index is 1.82. The first-order valence-electron chi connectivity index (χ1n) is 10.5. The minimum atomic E-state index is -4.12. The molecule has 0 radical (unpaired) electrons. The average Bonchev–Trinajstić information content (AvgIpc) is 2.82. The van der Waals surface area contributed by atoms with Gasteiger partial charge < -0.3 is 13.8 Å². The molecular weight excluding hydrogens is 445 g/mol. The van der Waals surface area contributed by atoms with E-state index in [0.29, 0.717) is 16.9 Å². The summed E-state index contributed by atoms with van der Waals surface area (Å²) in [5, 5.41) is 0. The Bertz CT molecular complexity index is 1190. The fraction of sp³-hybridized carbons (Fsp3) is 0.240. The van der Waals surface area contributed by atoms with Gasteiger partial charge >= 0.3 is 10.1 Å². The zero-order valence-corrected chi connectivity index (χ0v) is 19.5. The van der Waals surface area contributed by atoms with Gasteiger partial charge in [-0.15, -0.1) is 0 Å². The van der Waals surface area contributed by atoms with Gasteiger partial charge in [-0.25, -0.2) is 4.39 Å². The molecule has 0 fully saturated rings. The predicted octanol–water partition coefficient (Wildman–Crippen LogP) is 5.04. The Labute approximate surface area is 193 Å². The number of halogens is 1. The van der Waals surface area contributed by atoms with Gasteiger partial charge in [-0.2, -0.15) is 8.42 Å². The summed E-state index contributed by atoms with van der Waals surface area (Å²) in [7, 11) is -2.56. The lowest BCUT2D eigenvalue weighted by atomic mass is 10.1. The fourth-order valence-electron chi connectivity index (χ4n) is 3.22. The van der Waals surface area contributed by atoms with Gasteiger partial charge in [-0.1, -0.05) is 19.1 Å². The molecule has 3 aromatic carbocycles. The highest BCUT2D eigenvalue weighted by atomic mass is 32.2. The molecule has 1 unspecified atom stereocenters. The summed E-state index contributed by atoms with van der Waals surface area (Å²) >= 11 is 0. The molecule has 174 valence electrons. The van der Waals surface area contributed by atoms with Gasteiger partial charge in [0.2, 0.25) is 0 Å². The molecule has 0 aromatic heterocycles. The smallest absolute Gasteiger partial charge is 0.339 e. The first-order chi connectivity index (χ1) is 15.7. The summed E-state index contributed by atoms with van der Waals surface area (Å²) in [5.41, 5.74) is 1.24. The van der Waals surface area contributed by atoms with Gasteiger partial charge in [0.15, 0.2) is 0 Å². The van der Waals surface area contributed by atoms with E-state index in [1.54, 1.807) is 54.5 Å². The van der Waals surface area contributed by atoms with E-state index in [0.717, 1.165) is 30.7 Å². The lowest BCUT2D eigenvalue weighted by Gasteiger charge is -2.29. The standard InChI is InChI=1S/C25H26FNO5S/c1-4-18(2)27(25(28)20-8-12-22(31-3)13-9-20)17-19-6-5-7-23(16-19)32-33(29,30)24-14-10-21(26)11-15-24/h5-16,18H,4,17H2,1-3H3. The SMILES string of the molecule is CCC(C)N(Cc1cccc(OS(=O)(=O)c2ccc(F)cc2)c1)C(=O)c1ccc(OC)cc1. The number of carbonyl (C=O) groups excluding carboxylic acids is 1. The molecule has 1 atom stereocenters. The van der Waals surface area contributed by atoms with Crippen LogP contribution in [0, 0.1) is 5.82 Å². The zero-order valence-electron chi connectivity index (χ0n) is 18.7. The van der Waals surface area contributed by atoms with Crippen molar-refractivity contribution < 1.29 is 26.5 Å². The van der Waals surface area contributed by atoms with Crippen LogP contribution in [-0.4, -0.2) is 32.4 Å². The summed E-state index contributed by atoms with van der Waals surface area (Å²) in [6.07, 6.45) is 0.747. The molecule has 0 saturated heterocycles. The highest BCUT2D eigenvalue weighted by molar-refractivity contribution is 7.87. The molecule has 0 aliphatic rings. The average molecular weight is 472 g/mol. The summed E-state index contributed by atoms with van der Waals surface area (Å²) in [4.78, 5) is 14.8. The molecule has 0 saturated carbocycles. The van der Waals surface area contributed by atoms with E-state index in [1.165, 1.54) is 6.07 Å². The summed E-state index contributed by atoms with van der Waals surface area (Å²) in [6.45, 7) is 4.22. The Morgan fingerprint density at radius 2 is 1.67 bits per heavy atom. The Morgan fingerprint density at radius 1 is 1.00 bits per heavy atom. The highest BCUT2D eigenvalue weighted by Gasteiger charge is 2.22. The van der Waals surface area contributed by atoms with Crippen LogP contribution in [0.25, 0.3) is 0 Å². The van der Waals surface area contributed by atoms with E-state index in [-0.39, 0.29) is 29.1 Å². The van der Waals surface area contributed by atoms with E-state index >= 15 is 0 Å². The molecule has 0 aliphatic carbocycles. The number of ether oxygens (including phenoxy) is 1. The maximum absolute atomic E-state index is 13.2. The molecule has 0 N–H and O–H groups in total. The second-order valence-corrected chi connectivity index (χ2v) is 9.10. The molecule has 33 heavy (non-hydrogen) atoms. The molecule has 1 amide bonds.